The van der Waals surface area contributed by atoms with E-state index in [9.17, 15) is 0 Å². The van der Waals surface area contributed by atoms with Crippen LogP contribution in [-0.2, 0) is 9.47 Å². The molecule has 0 spiro atoms. The summed E-state index contributed by atoms with van der Waals surface area (Å²) in [6.07, 6.45) is 0. The summed E-state index contributed by atoms with van der Waals surface area (Å²) in [7, 11) is 3.33. The summed E-state index contributed by atoms with van der Waals surface area (Å²) >= 11 is 0. The molecule has 0 saturated carbocycles. The Kier molecular flexibility index (Phi) is 5.51. The molecule has 0 unspecified atom stereocenters. The predicted molar refractivity (Wildman–Crippen MR) is 69.0 cm³/mol. The molecule has 0 saturated heterocycles. The van der Waals surface area contributed by atoms with Gasteiger partial charge in [-0.25, -0.2) is 4.98 Å². The Bertz CT molecular complexity index is 338. The zero-order valence-corrected chi connectivity index (χ0v) is 10.3. The average Bonchev–Trinajstić information content (AvgIpc) is 2.33. The summed E-state index contributed by atoms with van der Waals surface area (Å²) in [5.41, 5.74) is 11.8. The zero-order chi connectivity index (χ0) is 12.7. The number of rotatable bonds is 7. The molecule has 1 aromatic heterocycles. The van der Waals surface area contributed by atoms with Crippen molar-refractivity contribution >= 4 is 17.3 Å². The van der Waals surface area contributed by atoms with Crippen LogP contribution < -0.4 is 16.4 Å². The van der Waals surface area contributed by atoms with E-state index in [1.165, 1.54) is 0 Å². The summed E-state index contributed by atoms with van der Waals surface area (Å²) in [6, 6.07) is 3.60. The van der Waals surface area contributed by atoms with Gasteiger partial charge in [0.2, 0.25) is 0 Å². The maximum Gasteiger partial charge on any atom is 0.149 e. The fourth-order valence-corrected chi connectivity index (χ4v) is 1.39. The number of aromatic nitrogens is 1. The lowest BCUT2D eigenvalue weighted by Gasteiger charge is -2.23. The van der Waals surface area contributed by atoms with Crippen LogP contribution in [0.5, 0.6) is 0 Å². The maximum atomic E-state index is 5.69. The van der Waals surface area contributed by atoms with Gasteiger partial charge in [-0.3, -0.25) is 0 Å². The lowest BCUT2D eigenvalue weighted by Crippen LogP contribution is -2.31. The van der Waals surface area contributed by atoms with Crippen LogP contribution in [0.4, 0.5) is 17.3 Å². The van der Waals surface area contributed by atoms with Crippen molar-refractivity contribution in [3.8, 4) is 0 Å². The van der Waals surface area contributed by atoms with Crippen molar-refractivity contribution in [3.05, 3.63) is 12.1 Å². The molecule has 1 rings (SSSR count). The van der Waals surface area contributed by atoms with E-state index in [0.29, 0.717) is 24.7 Å². The summed E-state index contributed by atoms with van der Waals surface area (Å²) in [6.45, 7) is 2.71. The van der Waals surface area contributed by atoms with E-state index in [4.69, 9.17) is 20.9 Å². The van der Waals surface area contributed by atoms with Crippen LogP contribution in [0.3, 0.4) is 0 Å². The summed E-state index contributed by atoms with van der Waals surface area (Å²) in [5, 5.41) is 0. The minimum atomic E-state index is 0.349. The molecule has 1 aromatic rings. The molecular weight excluding hydrogens is 220 g/mol. The van der Waals surface area contributed by atoms with E-state index in [2.05, 4.69) is 4.98 Å². The number of nitrogens with zero attached hydrogens (tertiary/aromatic N) is 2. The standard InChI is InChI=1S/C11H20N4O2/c1-16-7-5-15(6-8-17-2)10-4-3-9(12)11(13)14-10/h3-4H,5-8,12H2,1-2H3,(H2,13,14). The molecule has 1 heterocycles. The number of ether oxygens (including phenoxy) is 2. The number of pyridine rings is 1. The minimum absolute atomic E-state index is 0.349. The lowest BCUT2D eigenvalue weighted by molar-refractivity contribution is 0.190. The first kappa shape index (κ1) is 13.5. The monoisotopic (exact) mass is 240 g/mol. The van der Waals surface area contributed by atoms with Gasteiger partial charge in [-0.2, -0.15) is 0 Å². The third-order valence-corrected chi connectivity index (χ3v) is 2.40. The smallest absolute Gasteiger partial charge is 0.149 e. The van der Waals surface area contributed by atoms with E-state index in [-0.39, 0.29) is 0 Å². The van der Waals surface area contributed by atoms with Crippen molar-refractivity contribution in [2.45, 2.75) is 0 Å². The van der Waals surface area contributed by atoms with Crippen molar-refractivity contribution in [1.82, 2.24) is 4.98 Å². The van der Waals surface area contributed by atoms with Gasteiger partial charge in [0.25, 0.3) is 0 Å². The molecule has 0 aromatic carbocycles. The number of anilines is 3. The van der Waals surface area contributed by atoms with Gasteiger partial charge in [0.05, 0.1) is 18.9 Å². The Labute approximate surface area is 102 Å². The molecule has 0 aliphatic carbocycles. The van der Waals surface area contributed by atoms with Crippen molar-refractivity contribution < 1.29 is 9.47 Å². The van der Waals surface area contributed by atoms with Gasteiger partial charge in [0.1, 0.15) is 11.6 Å². The Morgan fingerprint density at radius 1 is 1.12 bits per heavy atom. The Hall–Kier alpha value is -1.53. The average molecular weight is 240 g/mol. The van der Waals surface area contributed by atoms with Crippen LogP contribution in [0.25, 0.3) is 0 Å². The van der Waals surface area contributed by atoms with Crippen LogP contribution in [0, 0.1) is 0 Å². The minimum Gasteiger partial charge on any atom is -0.396 e. The highest BCUT2D eigenvalue weighted by molar-refractivity contribution is 5.62. The molecule has 17 heavy (non-hydrogen) atoms. The number of nitrogens with two attached hydrogens (primary N) is 2. The first-order valence-corrected chi connectivity index (χ1v) is 5.44. The molecule has 0 atom stereocenters. The van der Waals surface area contributed by atoms with E-state index < -0.39 is 0 Å². The molecule has 0 aliphatic rings. The van der Waals surface area contributed by atoms with Crippen molar-refractivity contribution in [3.63, 3.8) is 0 Å². The molecule has 0 amide bonds. The second-order valence-electron chi connectivity index (χ2n) is 3.62. The van der Waals surface area contributed by atoms with Crippen LogP contribution in [0.2, 0.25) is 0 Å². The third-order valence-electron chi connectivity index (χ3n) is 2.40. The number of hydrogen-bond donors (Lipinski definition) is 2. The number of hydrogen-bond acceptors (Lipinski definition) is 6. The van der Waals surface area contributed by atoms with Crippen molar-refractivity contribution in [2.24, 2.45) is 0 Å². The lowest BCUT2D eigenvalue weighted by atomic mass is 10.3. The summed E-state index contributed by atoms with van der Waals surface area (Å²) in [5.74, 6) is 1.13. The SMILES string of the molecule is COCCN(CCOC)c1ccc(N)c(N)n1. The Balaban J connectivity index is 2.75. The van der Waals surface area contributed by atoms with Gasteiger partial charge < -0.3 is 25.8 Å². The van der Waals surface area contributed by atoms with Gasteiger partial charge in [-0.15, -0.1) is 0 Å². The normalized spacial score (nSPS) is 10.5. The van der Waals surface area contributed by atoms with E-state index >= 15 is 0 Å². The van der Waals surface area contributed by atoms with Crippen molar-refractivity contribution in [1.29, 1.82) is 0 Å². The molecule has 0 bridgehead atoms. The summed E-state index contributed by atoms with van der Waals surface area (Å²) < 4.78 is 10.1. The van der Waals surface area contributed by atoms with Gasteiger partial charge in [-0.05, 0) is 12.1 Å². The zero-order valence-electron chi connectivity index (χ0n) is 10.3. The molecule has 6 heteroatoms. The molecular formula is C11H20N4O2. The first-order chi connectivity index (χ1) is 8.19. The first-order valence-electron chi connectivity index (χ1n) is 5.44. The van der Waals surface area contributed by atoms with Gasteiger partial charge in [0, 0.05) is 27.3 Å². The Morgan fingerprint density at radius 2 is 1.71 bits per heavy atom. The molecule has 0 fully saturated rings. The molecule has 0 radical (unpaired) electrons. The van der Waals surface area contributed by atoms with E-state index in [0.717, 1.165) is 18.9 Å². The quantitative estimate of drug-likeness (QED) is 0.715. The molecule has 6 nitrogen and oxygen atoms in total. The molecule has 4 N–H and O–H groups in total. The largest absolute Gasteiger partial charge is 0.396 e. The maximum absolute atomic E-state index is 5.69. The highest BCUT2D eigenvalue weighted by Gasteiger charge is 2.08. The van der Waals surface area contributed by atoms with Crippen LogP contribution >= 0.6 is 0 Å². The molecule has 96 valence electrons. The van der Waals surface area contributed by atoms with Crippen molar-refractivity contribution in [2.75, 3.05) is 56.9 Å². The van der Waals surface area contributed by atoms with Crippen LogP contribution in [0.1, 0.15) is 0 Å². The highest BCUT2D eigenvalue weighted by Crippen LogP contribution is 2.18. The van der Waals surface area contributed by atoms with Crippen LogP contribution in [-0.4, -0.2) is 45.5 Å². The Morgan fingerprint density at radius 3 is 2.18 bits per heavy atom. The number of methoxy groups -OCH3 is 2. The third kappa shape index (κ3) is 4.08. The topological polar surface area (TPSA) is 86.6 Å². The van der Waals surface area contributed by atoms with Crippen LogP contribution in [0.15, 0.2) is 12.1 Å². The molecule has 0 aliphatic heterocycles. The highest BCUT2D eigenvalue weighted by atomic mass is 16.5. The van der Waals surface area contributed by atoms with E-state index in [1.54, 1.807) is 20.3 Å². The summed E-state index contributed by atoms with van der Waals surface area (Å²) in [4.78, 5) is 6.29. The fourth-order valence-electron chi connectivity index (χ4n) is 1.39. The van der Waals surface area contributed by atoms with Gasteiger partial charge >= 0.3 is 0 Å². The van der Waals surface area contributed by atoms with Gasteiger partial charge in [0.15, 0.2) is 0 Å². The predicted octanol–water partition coefficient (Wildman–Crippen LogP) is 0.345. The second kappa shape index (κ2) is 6.93. The second-order valence-corrected chi connectivity index (χ2v) is 3.62. The van der Waals surface area contributed by atoms with Gasteiger partial charge in [-0.1, -0.05) is 0 Å². The fraction of sp³-hybridized carbons (Fsp3) is 0.545. The number of nitrogen functional groups attached to an aromatic ring is 2. The van der Waals surface area contributed by atoms with E-state index in [1.807, 2.05) is 11.0 Å².